The molecule has 3 N–H and O–H groups in total. The molecule has 4 heterocycles. The van der Waals surface area contributed by atoms with Gasteiger partial charge in [0.05, 0.1) is 17.2 Å². The maximum absolute atomic E-state index is 6.30. The third kappa shape index (κ3) is 3.39. The average Bonchev–Trinajstić information content (AvgIpc) is 2.95. The Kier molecular flexibility index (Phi) is 4.66. The van der Waals surface area contributed by atoms with Crippen LogP contribution in [0.3, 0.4) is 0 Å². The highest BCUT2D eigenvalue weighted by molar-refractivity contribution is 5.82. The topological polar surface area (TPSA) is 96.1 Å². The number of anilines is 2. The van der Waals surface area contributed by atoms with Crippen molar-refractivity contribution in [2.75, 3.05) is 19.4 Å². The van der Waals surface area contributed by atoms with Crippen LogP contribution in [0.25, 0.3) is 16.6 Å². The predicted molar refractivity (Wildman–Crippen MR) is 110 cm³/mol. The minimum absolute atomic E-state index is 0.209. The van der Waals surface area contributed by atoms with E-state index in [2.05, 4.69) is 34.3 Å². The number of likely N-dealkylation sites (N-methyl/N-ethyl adjacent to an activating group) is 1. The van der Waals surface area contributed by atoms with Crippen LogP contribution in [0.5, 0.6) is 0 Å². The first kappa shape index (κ1) is 18.3. The fraction of sp³-hybridized carbons (Fsp3) is 0.300. The van der Waals surface area contributed by atoms with Crippen LogP contribution in [0.15, 0.2) is 42.9 Å². The van der Waals surface area contributed by atoms with Gasteiger partial charge in [0, 0.05) is 37.6 Å². The summed E-state index contributed by atoms with van der Waals surface area (Å²) in [6.07, 6.45) is 5.43. The van der Waals surface area contributed by atoms with Gasteiger partial charge in [-0.3, -0.25) is 4.98 Å². The van der Waals surface area contributed by atoms with E-state index in [1.807, 2.05) is 60.8 Å². The molecular weight excluding hydrogens is 352 g/mol. The second-order valence-electron chi connectivity index (χ2n) is 7.29. The number of fused-ring (bicyclic) bond motifs is 1. The lowest BCUT2D eigenvalue weighted by atomic mass is 10.1. The van der Waals surface area contributed by atoms with E-state index in [-0.39, 0.29) is 6.17 Å². The Bertz CT molecular complexity index is 1050. The van der Waals surface area contributed by atoms with Gasteiger partial charge in [-0.2, -0.15) is 5.10 Å². The Hall–Kier alpha value is -3.10. The molecule has 0 amide bonds. The molecule has 0 bridgehead atoms. The number of hydrogen-bond acceptors (Lipinski definition) is 8. The first-order valence-corrected chi connectivity index (χ1v) is 9.22. The van der Waals surface area contributed by atoms with Crippen molar-refractivity contribution in [2.24, 2.45) is 5.73 Å². The molecule has 0 saturated carbocycles. The lowest BCUT2D eigenvalue weighted by Crippen LogP contribution is -2.41. The molecule has 3 aromatic heterocycles. The molecule has 0 saturated heterocycles. The largest absolute Gasteiger partial charge is 0.323 e. The number of nitrogens with two attached hydrogens (primary N) is 1. The van der Waals surface area contributed by atoms with E-state index in [9.17, 15) is 0 Å². The van der Waals surface area contributed by atoms with E-state index in [0.717, 1.165) is 27.7 Å². The Morgan fingerprint density at radius 3 is 2.61 bits per heavy atom. The van der Waals surface area contributed by atoms with E-state index < -0.39 is 0 Å². The summed E-state index contributed by atoms with van der Waals surface area (Å²) in [5, 5.41) is 15.4. The van der Waals surface area contributed by atoms with Crippen LogP contribution in [0.4, 0.5) is 11.6 Å². The summed E-state index contributed by atoms with van der Waals surface area (Å²) in [4.78, 5) is 9.25. The lowest BCUT2D eigenvalue weighted by Gasteiger charge is -2.24. The predicted octanol–water partition coefficient (Wildman–Crippen LogP) is 2.70. The van der Waals surface area contributed by atoms with Gasteiger partial charge in [-0.15, -0.1) is 5.10 Å². The zero-order valence-electron chi connectivity index (χ0n) is 16.5. The summed E-state index contributed by atoms with van der Waals surface area (Å²) in [6.45, 7) is 4.25. The number of nitrogens with one attached hydrogen (secondary N) is 1. The molecule has 1 aliphatic rings. The molecule has 144 valence electrons. The lowest BCUT2D eigenvalue weighted by molar-refractivity contribution is 0.0778. The Morgan fingerprint density at radius 2 is 1.89 bits per heavy atom. The van der Waals surface area contributed by atoms with Gasteiger partial charge < -0.3 is 16.1 Å². The quantitative estimate of drug-likeness (QED) is 0.717. The van der Waals surface area contributed by atoms with Crippen molar-refractivity contribution in [1.29, 1.82) is 0 Å². The van der Waals surface area contributed by atoms with E-state index in [1.165, 1.54) is 0 Å². The van der Waals surface area contributed by atoms with E-state index in [4.69, 9.17) is 10.7 Å². The molecule has 1 aliphatic heterocycles. The molecule has 3 aromatic rings. The fourth-order valence-corrected chi connectivity index (χ4v) is 3.14. The number of hydrazine groups is 1. The summed E-state index contributed by atoms with van der Waals surface area (Å²) in [6, 6.07) is 7.84. The highest BCUT2D eigenvalue weighted by Gasteiger charge is 2.26. The fourth-order valence-electron chi connectivity index (χ4n) is 3.14. The van der Waals surface area contributed by atoms with Gasteiger partial charge in [0.25, 0.3) is 0 Å². The molecule has 1 unspecified atom stereocenters. The summed E-state index contributed by atoms with van der Waals surface area (Å²) in [7, 11) is 3.92. The average molecular weight is 376 g/mol. The number of aromatic nitrogens is 4. The highest BCUT2D eigenvalue weighted by Crippen LogP contribution is 2.27. The van der Waals surface area contributed by atoms with Crippen LogP contribution in [0.2, 0.25) is 0 Å². The van der Waals surface area contributed by atoms with E-state index >= 15 is 0 Å². The normalized spacial score (nSPS) is 17.4. The first-order valence-electron chi connectivity index (χ1n) is 9.22. The molecule has 4 rings (SSSR count). The van der Waals surface area contributed by atoms with Crippen LogP contribution in [-0.4, -0.2) is 50.4 Å². The summed E-state index contributed by atoms with van der Waals surface area (Å²) >= 11 is 0. The maximum Gasteiger partial charge on any atom is 0.154 e. The maximum atomic E-state index is 6.30. The van der Waals surface area contributed by atoms with Crippen molar-refractivity contribution in [3.63, 3.8) is 0 Å². The zero-order chi connectivity index (χ0) is 19.8. The highest BCUT2D eigenvalue weighted by atomic mass is 15.6. The van der Waals surface area contributed by atoms with Crippen molar-refractivity contribution in [1.82, 2.24) is 30.2 Å². The van der Waals surface area contributed by atoms with Crippen molar-refractivity contribution in [3.05, 3.63) is 54.0 Å². The molecule has 0 spiro atoms. The third-order valence-corrected chi connectivity index (χ3v) is 5.01. The second-order valence-corrected chi connectivity index (χ2v) is 7.29. The molecule has 0 aliphatic carbocycles. The Balaban J connectivity index is 1.65. The minimum Gasteiger partial charge on any atom is -0.323 e. The number of hydrogen-bond donors (Lipinski definition) is 2. The second kappa shape index (κ2) is 7.14. The Labute approximate surface area is 164 Å². The van der Waals surface area contributed by atoms with Crippen LogP contribution >= 0.6 is 0 Å². The molecule has 1 atom stereocenters. The summed E-state index contributed by atoms with van der Waals surface area (Å²) < 4.78 is 0. The van der Waals surface area contributed by atoms with E-state index in [1.54, 1.807) is 6.20 Å². The summed E-state index contributed by atoms with van der Waals surface area (Å²) in [5.74, 6) is 1.75. The first-order chi connectivity index (χ1) is 13.4. The SMILES string of the molecule is CC(C)c1cnnc(Nc2ccc3ncc(C4=CN(C)N(C)C4N)cc3n2)c1. The third-order valence-electron chi connectivity index (χ3n) is 5.01. The number of nitrogens with zero attached hydrogens (tertiary/aromatic N) is 6. The van der Waals surface area contributed by atoms with Gasteiger partial charge in [-0.05, 0) is 35.7 Å². The molecular formula is C20H24N8. The van der Waals surface area contributed by atoms with Crippen LogP contribution in [-0.2, 0) is 0 Å². The number of pyridine rings is 2. The van der Waals surface area contributed by atoms with Gasteiger partial charge in [0.2, 0.25) is 0 Å². The van der Waals surface area contributed by atoms with Gasteiger partial charge in [0.15, 0.2) is 5.82 Å². The molecule has 8 heteroatoms. The summed E-state index contributed by atoms with van der Waals surface area (Å²) in [5.41, 5.74) is 11.0. The molecule has 8 nitrogen and oxygen atoms in total. The smallest absolute Gasteiger partial charge is 0.154 e. The van der Waals surface area contributed by atoms with Gasteiger partial charge in [0.1, 0.15) is 12.0 Å². The molecule has 0 radical (unpaired) electrons. The van der Waals surface area contributed by atoms with Crippen LogP contribution < -0.4 is 11.1 Å². The molecule has 0 aromatic carbocycles. The monoisotopic (exact) mass is 376 g/mol. The van der Waals surface area contributed by atoms with Crippen LogP contribution in [0.1, 0.15) is 30.9 Å². The standard InChI is InChI=1S/C20H24N8/c1-12(2)13-8-19(26-23-10-13)25-18-6-5-16-17(24-18)7-14(9-22-16)15-11-27(3)28(4)20(15)21/h5-12,20H,21H2,1-4H3,(H,24,25,26). The van der Waals surface area contributed by atoms with Crippen molar-refractivity contribution < 1.29 is 0 Å². The van der Waals surface area contributed by atoms with Crippen molar-refractivity contribution >= 4 is 28.2 Å². The van der Waals surface area contributed by atoms with Gasteiger partial charge in [-0.25, -0.2) is 9.99 Å². The van der Waals surface area contributed by atoms with Crippen molar-refractivity contribution in [2.45, 2.75) is 25.9 Å². The Morgan fingerprint density at radius 1 is 1.07 bits per heavy atom. The van der Waals surface area contributed by atoms with E-state index in [0.29, 0.717) is 17.6 Å². The van der Waals surface area contributed by atoms with Gasteiger partial charge in [-0.1, -0.05) is 13.8 Å². The van der Waals surface area contributed by atoms with Gasteiger partial charge >= 0.3 is 0 Å². The zero-order valence-corrected chi connectivity index (χ0v) is 16.5. The molecule has 28 heavy (non-hydrogen) atoms. The number of rotatable bonds is 4. The minimum atomic E-state index is -0.209. The van der Waals surface area contributed by atoms with Crippen LogP contribution in [0, 0.1) is 0 Å². The molecule has 0 fully saturated rings. The van der Waals surface area contributed by atoms with Crippen molar-refractivity contribution in [3.8, 4) is 0 Å².